The van der Waals surface area contributed by atoms with Crippen LogP contribution in [0.1, 0.15) is 36.5 Å². The largest absolute Gasteiger partial charge is 0.507 e. The number of hydrogen-bond donors (Lipinski definition) is 3. The van der Waals surface area contributed by atoms with Crippen molar-refractivity contribution in [1.82, 2.24) is 0 Å². The smallest absolute Gasteiger partial charge is 0.165 e. The van der Waals surface area contributed by atoms with E-state index in [2.05, 4.69) is 13.8 Å². The Morgan fingerprint density at radius 3 is 2.05 bits per heavy atom. The molecule has 0 aliphatic carbocycles. The molecule has 2 aromatic rings. The standard InChI is InChI=1S/C17H20O3/c1-9(2)12-8-13(15(18)7-11(12)4)14-5-10(3)6-16(19)17(14)20/h5-9,18-20H,1-4H3. The van der Waals surface area contributed by atoms with Crippen LogP contribution in [0.5, 0.6) is 17.2 Å². The minimum Gasteiger partial charge on any atom is -0.507 e. The first-order valence-corrected chi connectivity index (χ1v) is 6.67. The van der Waals surface area contributed by atoms with Crippen molar-refractivity contribution in [2.75, 3.05) is 0 Å². The molecule has 0 aliphatic heterocycles. The van der Waals surface area contributed by atoms with Crippen LogP contribution in [0, 0.1) is 13.8 Å². The molecule has 0 radical (unpaired) electrons. The summed E-state index contributed by atoms with van der Waals surface area (Å²) in [7, 11) is 0. The van der Waals surface area contributed by atoms with Crippen LogP contribution in [0.25, 0.3) is 11.1 Å². The van der Waals surface area contributed by atoms with Crippen LogP contribution in [-0.2, 0) is 0 Å². The normalized spacial score (nSPS) is 11.1. The molecular formula is C17H20O3. The van der Waals surface area contributed by atoms with Crippen LogP contribution in [0.4, 0.5) is 0 Å². The molecule has 0 saturated carbocycles. The Kier molecular flexibility index (Phi) is 3.62. The van der Waals surface area contributed by atoms with Crippen LogP contribution in [0.3, 0.4) is 0 Å². The van der Waals surface area contributed by atoms with Gasteiger partial charge in [-0.15, -0.1) is 0 Å². The maximum Gasteiger partial charge on any atom is 0.165 e. The number of phenolic OH excluding ortho intramolecular Hbond substituents is 3. The second-order valence-electron chi connectivity index (χ2n) is 5.56. The van der Waals surface area contributed by atoms with Gasteiger partial charge in [0.2, 0.25) is 0 Å². The lowest BCUT2D eigenvalue weighted by molar-refractivity contribution is 0.404. The molecule has 0 heterocycles. The summed E-state index contributed by atoms with van der Waals surface area (Å²) in [4.78, 5) is 0. The van der Waals surface area contributed by atoms with E-state index in [0.29, 0.717) is 17.0 Å². The summed E-state index contributed by atoms with van der Waals surface area (Å²) in [5, 5.41) is 29.9. The Labute approximate surface area is 119 Å². The molecule has 0 amide bonds. The summed E-state index contributed by atoms with van der Waals surface area (Å²) in [5.41, 5.74) is 3.93. The van der Waals surface area contributed by atoms with Crippen LogP contribution in [-0.4, -0.2) is 15.3 Å². The van der Waals surface area contributed by atoms with E-state index < -0.39 is 0 Å². The van der Waals surface area contributed by atoms with Gasteiger partial charge in [-0.25, -0.2) is 0 Å². The van der Waals surface area contributed by atoms with Gasteiger partial charge in [0, 0.05) is 11.1 Å². The molecular weight excluding hydrogens is 252 g/mol. The van der Waals surface area contributed by atoms with Crippen LogP contribution < -0.4 is 0 Å². The zero-order valence-electron chi connectivity index (χ0n) is 12.2. The first-order valence-electron chi connectivity index (χ1n) is 6.67. The van der Waals surface area contributed by atoms with Crippen molar-refractivity contribution >= 4 is 0 Å². The van der Waals surface area contributed by atoms with Gasteiger partial charge < -0.3 is 15.3 Å². The first-order chi connectivity index (χ1) is 9.31. The van der Waals surface area contributed by atoms with Gasteiger partial charge in [-0.05, 0) is 60.7 Å². The molecule has 2 rings (SSSR count). The predicted molar refractivity (Wildman–Crippen MR) is 80.4 cm³/mol. The highest BCUT2D eigenvalue weighted by Gasteiger charge is 2.16. The fraction of sp³-hybridized carbons (Fsp3) is 0.294. The Balaban J connectivity index is 2.73. The molecule has 0 spiro atoms. The third kappa shape index (κ3) is 2.44. The molecule has 3 nitrogen and oxygen atoms in total. The molecule has 20 heavy (non-hydrogen) atoms. The number of aromatic hydroxyl groups is 3. The third-order valence-corrected chi connectivity index (χ3v) is 3.53. The monoisotopic (exact) mass is 272 g/mol. The van der Waals surface area contributed by atoms with E-state index in [1.165, 1.54) is 6.07 Å². The van der Waals surface area contributed by atoms with Crippen LogP contribution in [0.2, 0.25) is 0 Å². The summed E-state index contributed by atoms with van der Waals surface area (Å²) >= 11 is 0. The van der Waals surface area contributed by atoms with Crippen LogP contribution in [0.15, 0.2) is 24.3 Å². The van der Waals surface area contributed by atoms with E-state index in [1.807, 2.05) is 19.9 Å². The molecule has 0 aliphatic rings. The summed E-state index contributed by atoms with van der Waals surface area (Å²) in [5.74, 6) is 0.0395. The van der Waals surface area contributed by atoms with Gasteiger partial charge in [0.25, 0.3) is 0 Å². The van der Waals surface area contributed by atoms with Gasteiger partial charge >= 0.3 is 0 Å². The molecule has 3 heteroatoms. The number of benzene rings is 2. The van der Waals surface area contributed by atoms with E-state index in [4.69, 9.17) is 0 Å². The van der Waals surface area contributed by atoms with Crippen molar-refractivity contribution in [2.24, 2.45) is 0 Å². The van der Waals surface area contributed by atoms with Crippen molar-refractivity contribution in [2.45, 2.75) is 33.6 Å². The van der Waals surface area contributed by atoms with Crippen molar-refractivity contribution in [3.05, 3.63) is 41.0 Å². The second-order valence-corrected chi connectivity index (χ2v) is 5.56. The molecule has 0 saturated heterocycles. The summed E-state index contributed by atoms with van der Waals surface area (Å²) in [6.45, 7) is 7.94. The summed E-state index contributed by atoms with van der Waals surface area (Å²) in [6, 6.07) is 6.82. The predicted octanol–water partition coefficient (Wildman–Crippen LogP) is 4.21. The van der Waals surface area contributed by atoms with E-state index in [-0.39, 0.29) is 17.2 Å². The summed E-state index contributed by atoms with van der Waals surface area (Å²) < 4.78 is 0. The fourth-order valence-electron chi connectivity index (χ4n) is 2.51. The molecule has 2 aromatic carbocycles. The third-order valence-electron chi connectivity index (χ3n) is 3.53. The SMILES string of the molecule is Cc1cc(O)c(O)c(-c2cc(C(C)C)c(C)cc2O)c1. The quantitative estimate of drug-likeness (QED) is 0.718. The molecule has 0 fully saturated rings. The number of rotatable bonds is 2. The Morgan fingerprint density at radius 2 is 1.45 bits per heavy atom. The minimum atomic E-state index is -0.204. The van der Waals surface area contributed by atoms with Crippen molar-refractivity contribution < 1.29 is 15.3 Å². The minimum absolute atomic E-state index is 0.104. The van der Waals surface area contributed by atoms with E-state index in [0.717, 1.165) is 16.7 Å². The Bertz CT molecular complexity index is 658. The molecule has 106 valence electrons. The lowest BCUT2D eigenvalue weighted by Gasteiger charge is -2.15. The highest BCUT2D eigenvalue weighted by atomic mass is 16.3. The summed E-state index contributed by atoms with van der Waals surface area (Å²) in [6.07, 6.45) is 0. The Hall–Kier alpha value is -2.16. The zero-order chi connectivity index (χ0) is 15.0. The highest BCUT2D eigenvalue weighted by Crippen LogP contribution is 2.42. The average molecular weight is 272 g/mol. The second kappa shape index (κ2) is 5.08. The fourth-order valence-corrected chi connectivity index (χ4v) is 2.51. The molecule has 0 aromatic heterocycles. The molecule has 0 atom stereocenters. The number of hydrogen-bond acceptors (Lipinski definition) is 3. The maximum atomic E-state index is 10.2. The lowest BCUT2D eigenvalue weighted by atomic mass is 9.91. The maximum absolute atomic E-state index is 10.2. The average Bonchev–Trinajstić information content (AvgIpc) is 2.33. The van der Waals surface area contributed by atoms with E-state index in [9.17, 15) is 15.3 Å². The zero-order valence-corrected chi connectivity index (χ0v) is 12.2. The molecule has 0 bridgehead atoms. The molecule has 3 N–H and O–H groups in total. The van der Waals surface area contributed by atoms with Gasteiger partial charge in [0.15, 0.2) is 11.5 Å². The van der Waals surface area contributed by atoms with Crippen molar-refractivity contribution in [3.8, 4) is 28.4 Å². The number of phenols is 3. The Morgan fingerprint density at radius 1 is 0.800 bits per heavy atom. The van der Waals surface area contributed by atoms with Gasteiger partial charge in [-0.3, -0.25) is 0 Å². The molecule has 0 unspecified atom stereocenters. The van der Waals surface area contributed by atoms with Gasteiger partial charge in [0.1, 0.15) is 5.75 Å². The van der Waals surface area contributed by atoms with Gasteiger partial charge in [0.05, 0.1) is 0 Å². The van der Waals surface area contributed by atoms with Gasteiger partial charge in [-0.1, -0.05) is 13.8 Å². The van der Waals surface area contributed by atoms with Crippen molar-refractivity contribution in [3.63, 3.8) is 0 Å². The van der Waals surface area contributed by atoms with E-state index >= 15 is 0 Å². The van der Waals surface area contributed by atoms with Crippen LogP contribution >= 0.6 is 0 Å². The van der Waals surface area contributed by atoms with Gasteiger partial charge in [-0.2, -0.15) is 0 Å². The van der Waals surface area contributed by atoms with Crippen molar-refractivity contribution in [1.29, 1.82) is 0 Å². The van der Waals surface area contributed by atoms with E-state index in [1.54, 1.807) is 12.1 Å². The first kappa shape index (κ1) is 14.3. The topological polar surface area (TPSA) is 60.7 Å². The lowest BCUT2D eigenvalue weighted by Crippen LogP contribution is -1.94. The highest BCUT2D eigenvalue weighted by molar-refractivity contribution is 5.79. The number of aryl methyl sites for hydroxylation is 2.